The summed E-state index contributed by atoms with van der Waals surface area (Å²) >= 11 is 0. The SMILES string of the molecule is COc1ccccc1CCNC(=O)c1ccc(-c2cccc(CN(C)C(=O)CN)c2)cc1. The van der Waals surface area contributed by atoms with Crippen LogP contribution in [0.4, 0.5) is 0 Å². The zero-order chi connectivity index (χ0) is 22.9. The van der Waals surface area contributed by atoms with E-state index in [9.17, 15) is 9.59 Å². The van der Waals surface area contributed by atoms with Crippen LogP contribution in [0, 0.1) is 0 Å². The zero-order valence-electron chi connectivity index (χ0n) is 18.5. The predicted octanol–water partition coefficient (Wildman–Crippen LogP) is 3.25. The van der Waals surface area contributed by atoms with E-state index in [4.69, 9.17) is 10.5 Å². The summed E-state index contributed by atoms with van der Waals surface area (Å²) in [7, 11) is 3.38. The summed E-state index contributed by atoms with van der Waals surface area (Å²) in [5.74, 6) is 0.616. The first-order valence-corrected chi connectivity index (χ1v) is 10.6. The van der Waals surface area contributed by atoms with Gasteiger partial charge in [-0.25, -0.2) is 0 Å². The van der Waals surface area contributed by atoms with Crippen LogP contribution in [0.5, 0.6) is 5.75 Å². The second-order valence-electron chi connectivity index (χ2n) is 7.55. The highest BCUT2D eigenvalue weighted by Gasteiger charge is 2.09. The molecule has 0 spiro atoms. The van der Waals surface area contributed by atoms with E-state index < -0.39 is 0 Å². The van der Waals surface area contributed by atoms with Crippen molar-refractivity contribution >= 4 is 11.8 Å². The number of hydrogen-bond donors (Lipinski definition) is 2. The quantitative estimate of drug-likeness (QED) is 0.545. The van der Waals surface area contributed by atoms with Crippen LogP contribution >= 0.6 is 0 Å². The average Bonchev–Trinajstić information content (AvgIpc) is 2.84. The second kappa shape index (κ2) is 11.1. The Morgan fingerprint density at radius 1 is 0.969 bits per heavy atom. The Morgan fingerprint density at radius 2 is 1.72 bits per heavy atom. The first-order valence-electron chi connectivity index (χ1n) is 10.6. The van der Waals surface area contributed by atoms with Crippen molar-refractivity contribution in [1.82, 2.24) is 10.2 Å². The molecule has 0 bridgehead atoms. The number of para-hydroxylation sites is 1. The van der Waals surface area contributed by atoms with E-state index in [-0.39, 0.29) is 18.4 Å². The van der Waals surface area contributed by atoms with Gasteiger partial charge in [0.25, 0.3) is 5.91 Å². The number of benzene rings is 3. The number of carbonyl (C=O) groups is 2. The summed E-state index contributed by atoms with van der Waals surface area (Å²) in [6.07, 6.45) is 0.696. The monoisotopic (exact) mass is 431 g/mol. The Balaban J connectivity index is 1.60. The largest absolute Gasteiger partial charge is 0.496 e. The molecule has 0 heterocycles. The number of amides is 2. The fraction of sp³-hybridized carbons (Fsp3) is 0.231. The van der Waals surface area contributed by atoms with Gasteiger partial charge in [-0.15, -0.1) is 0 Å². The molecule has 0 saturated heterocycles. The fourth-order valence-corrected chi connectivity index (χ4v) is 3.50. The lowest BCUT2D eigenvalue weighted by Crippen LogP contribution is -2.32. The van der Waals surface area contributed by atoms with Crippen LogP contribution in [0.2, 0.25) is 0 Å². The van der Waals surface area contributed by atoms with Crippen molar-refractivity contribution < 1.29 is 14.3 Å². The van der Waals surface area contributed by atoms with Crippen molar-refractivity contribution in [2.24, 2.45) is 5.73 Å². The summed E-state index contributed by atoms with van der Waals surface area (Å²) in [5, 5.41) is 2.96. The molecule has 3 aromatic rings. The summed E-state index contributed by atoms with van der Waals surface area (Å²) < 4.78 is 5.35. The molecule has 6 nitrogen and oxygen atoms in total. The Bertz CT molecular complexity index is 1060. The van der Waals surface area contributed by atoms with Crippen molar-refractivity contribution in [2.45, 2.75) is 13.0 Å². The molecule has 0 aliphatic heterocycles. The van der Waals surface area contributed by atoms with E-state index in [0.29, 0.717) is 25.1 Å². The molecule has 0 atom stereocenters. The van der Waals surface area contributed by atoms with Crippen molar-refractivity contribution in [3.8, 4) is 16.9 Å². The highest BCUT2D eigenvalue weighted by atomic mass is 16.5. The van der Waals surface area contributed by atoms with Gasteiger partial charge in [0, 0.05) is 25.7 Å². The number of likely N-dealkylation sites (N-methyl/N-ethyl adjacent to an activating group) is 1. The van der Waals surface area contributed by atoms with Crippen molar-refractivity contribution in [1.29, 1.82) is 0 Å². The third-order valence-corrected chi connectivity index (χ3v) is 5.30. The molecular formula is C26H29N3O3. The van der Waals surface area contributed by atoms with Crippen LogP contribution in [0.25, 0.3) is 11.1 Å². The third-order valence-electron chi connectivity index (χ3n) is 5.30. The topological polar surface area (TPSA) is 84.7 Å². The summed E-state index contributed by atoms with van der Waals surface area (Å²) in [4.78, 5) is 25.8. The normalized spacial score (nSPS) is 10.5. The Hall–Kier alpha value is -3.64. The van der Waals surface area contributed by atoms with Crippen molar-refractivity contribution in [3.05, 3.63) is 89.5 Å². The maximum atomic E-state index is 12.5. The number of rotatable bonds is 9. The number of ether oxygens (including phenoxy) is 1. The van der Waals surface area contributed by atoms with E-state index >= 15 is 0 Å². The van der Waals surface area contributed by atoms with E-state index in [1.54, 1.807) is 19.1 Å². The number of nitrogens with zero attached hydrogens (tertiary/aromatic N) is 1. The molecule has 0 fully saturated rings. The molecule has 0 aromatic heterocycles. The third kappa shape index (κ3) is 5.95. The fourth-order valence-electron chi connectivity index (χ4n) is 3.50. The van der Waals surface area contributed by atoms with Crippen LogP contribution in [0.15, 0.2) is 72.8 Å². The van der Waals surface area contributed by atoms with Gasteiger partial charge < -0.3 is 20.7 Å². The number of hydrogen-bond acceptors (Lipinski definition) is 4. The maximum absolute atomic E-state index is 12.5. The molecule has 32 heavy (non-hydrogen) atoms. The molecule has 166 valence electrons. The van der Waals surface area contributed by atoms with E-state index in [1.807, 2.05) is 72.8 Å². The molecular weight excluding hydrogens is 402 g/mol. The first-order chi connectivity index (χ1) is 15.5. The van der Waals surface area contributed by atoms with E-state index in [1.165, 1.54) is 0 Å². The molecule has 0 saturated carbocycles. The lowest BCUT2D eigenvalue weighted by Gasteiger charge is -2.16. The van der Waals surface area contributed by atoms with Gasteiger partial charge in [-0.2, -0.15) is 0 Å². The molecule has 0 radical (unpaired) electrons. The van der Waals surface area contributed by atoms with Gasteiger partial charge in [0.1, 0.15) is 5.75 Å². The molecule has 3 rings (SSSR count). The molecule has 2 amide bonds. The average molecular weight is 432 g/mol. The molecule has 6 heteroatoms. The Labute approximate surface area is 189 Å². The Kier molecular flexibility index (Phi) is 8.00. The highest BCUT2D eigenvalue weighted by molar-refractivity contribution is 5.94. The maximum Gasteiger partial charge on any atom is 0.251 e. The first kappa shape index (κ1) is 23.0. The lowest BCUT2D eigenvalue weighted by molar-refractivity contribution is -0.128. The Morgan fingerprint density at radius 3 is 2.44 bits per heavy atom. The minimum atomic E-state index is -0.109. The summed E-state index contributed by atoms with van der Waals surface area (Å²) in [6, 6.07) is 23.3. The molecule has 3 aromatic carbocycles. The molecule has 0 aliphatic carbocycles. The zero-order valence-corrected chi connectivity index (χ0v) is 18.5. The van der Waals surface area contributed by atoms with Crippen LogP contribution in [-0.4, -0.2) is 44.0 Å². The predicted molar refractivity (Wildman–Crippen MR) is 126 cm³/mol. The number of nitrogens with one attached hydrogen (secondary N) is 1. The molecule has 0 aliphatic rings. The van der Waals surface area contributed by atoms with Gasteiger partial charge in [-0.1, -0.05) is 48.5 Å². The van der Waals surface area contributed by atoms with E-state index in [2.05, 4.69) is 5.32 Å². The number of methoxy groups -OCH3 is 1. The summed E-state index contributed by atoms with van der Waals surface area (Å²) in [5.41, 5.74) is 10.1. The molecule has 3 N–H and O–H groups in total. The van der Waals surface area contributed by atoms with Crippen molar-refractivity contribution in [3.63, 3.8) is 0 Å². The highest BCUT2D eigenvalue weighted by Crippen LogP contribution is 2.22. The van der Waals surface area contributed by atoms with Crippen LogP contribution in [-0.2, 0) is 17.8 Å². The van der Waals surface area contributed by atoms with Gasteiger partial charge in [-0.05, 0) is 52.9 Å². The second-order valence-corrected chi connectivity index (χ2v) is 7.55. The standard InChI is InChI=1S/C26H29N3O3/c1-29(25(30)17-27)18-19-6-5-8-23(16-19)20-10-12-22(13-11-20)26(31)28-15-14-21-7-3-4-9-24(21)32-2/h3-13,16H,14-15,17-18,27H2,1-2H3,(H,28,31). The van der Waals surface area contributed by atoms with Crippen molar-refractivity contribution in [2.75, 3.05) is 27.2 Å². The van der Waals surface area contributed by atoms with E-state index in [0.717, 1.165) is 28.0 Å². The van der Waals surface area contributed by atoms with Gasteiger partial charge in [0.15, 0.2) is 0 Å². The number of nitrogens with two attached hydrogens (primary N) is 1. The smallest absolute Gasteiger partial charge is 0.251 e. The van der Waals surface area contributed by atoms with Crippen LogP contribution in [0.1, 0.15) is 21.5 Å². The van der Waals surface area contributed by atoms with Gasteiger partial charge >= 0.3 is 0 Å². The lowest BCUT2D eigenvalue weighted by atomic mass is 10.0. The van der Waals surface area contributed by atoms with Crippen LogP contribution in [0.3, 0.4) is 0 Å². The minimum Gasteiger partial charge on any atom is -0.496 e. The summed E-state index contributed by atoms with van der Waals surface area (Å²) in [6.45, 7) is 1.02. The number of carbonyl (C=O) groups excluding carboxylic acids is 2. The van der Waals surface area contributed by atoms with Gasteiger partial charge in [0.2, 0.25) is 5.91 Å². The minimum absolute atomic E-state index is 0.00138. The van der Waals surface area contributed by atoms with Gasteiger partial charge in [0.05, 0.1) is 13.7 Å². The van der Waals surface area contributed by atoms with Gasteiger partial charge in [-0.3, -0.25) is 9.59 Å². The van der Waals surface area contributed by atoms with Crippen LogP contribution < -0.4 is 15.8 Å². The molecule has 0 unspecified atom stereocenters.